The first-order valence-corrected chi connectivity index (χ1v) is 11.6. The van der Waals surface area contributed by atoms with Gasteiger partial charge in [0.1, 0.15) is 12.4 Å². The molecule has 3 N–H and O–H groups in total. The van der Waals surface area contributed by atoms with Crippen LogP contribution in [0.15, 0.2) is 89.1 Å². The fourth-order valence-corrected chi connectivity index (χ4v) is 3.88. The molecule has 3 aromatic carbocycles. The highest BCUT2D eigenvalue weighted by molar-refractivity contribution is 7.99. The average Bonchev–Trinajstić information content (AvgIpc) is 3.22. The molecule has 0 aliphatic heterocycles. The maximum atomic E-state index is 12.3. The zero-order chi connectivity index (χ0) is 23.8. The first-order valence-electron chi connectivity index (χ1n) is 10.3. The molecular weight excluding hydrogens is 472 g/mol. The SMILES string of the molecule is Nn1c(N/N=C/c2ccccc2OCc2ccccc2Cl)nnc1SCC(=O)c1ccccc1. The first kappa shape index (κ1) is 23.3. The maximum Gasteiger partial charge on any atom is 0.264 e. The van der Waals surface area contributed by atoms with Crippen LogP contribution < -0.4 is 16.0 Å². The second-order valence-electron chi connectivity index (χ2n) is 7.04. The summed E-state index contributed by atoms with van der Waals surface area (Å²) in [5.41, 5.74) is 5.05. The van der Waals surface area contributed by atoms with Crippen molar-refractivity contribution in [2.75, 3.05) is 17.0 Å². The number of ether oxygens (including phenoxy) is 1. The lowest BCUT2D eigenvalue weighted by atomic mass is 10.2. The van der Waals surface area contributed by atoms with Crippen LogP contribution in [0.4, 0.5) is 5.95 Å². The number of anilines is 1. The van der Waals surface area contributed by atoms with E-state index >= 15 is 0 Å². The highest BCUT2D eigenvalue weighted by atomic mass is 35.5. The number of carbonyl (C=O) groups excluding carboxylic acids is 1. The van der Waals surface area contributed by atoms with Crippen molar-refractivity contribution in [1.82, 2.24) is 14.9 Å². The van der Waals surface area contributed by atoms with Gasteiger partial charge in [-0.1, -0.05) is 84.0 Å². The standard InChI is InChI=1S/C24H21ClN6O2S/c25-20-12-6-4-11-19(20)15-33-22-13-7-5-10-18(22)14-27-28-23-29-30-24(31(23)26)34-16-21(32)17-8-2-1-3-9-17/h1-14H,15-16,26H2,(H,28,29)/b27-14+. The van der Waals surface area contributed by atoms with Crippen LogP contribution in [0, 0.1) is 0 Å². The van der Waals surface area contributed by atoms with Gasteiger partial charge in [-0.3, -0.25) is 4.79 Å². The fraction of sp³-hybridized carbons (Fsp3) is 0.0833. The number of hydrazone groups is 1. The Hall–Kier alpha value is -3.82. The third-order valence-corrected chi connectivity index (χ3v) is 6.03. The summed E-state index contributed by atoms with van der Waals surface area (Å²) in [6.07, 6.45) is 1.60. The van der Waals surface area contributed by atoms with E-state index in [9.17, 15) is 4.79 Å². The lowest BCUT2D eigenvalue weighted by Crippen LogP contribution is -2.14. The minimum atomic E-state index is -0.0190. The van der Waals surface area contributed by atoms with E-state index < -0.39 is 0 Å². The number of hydrogen-bond donors (Lipinski definition) is 2. The van der Waals surface area contributed by atoms with Crippen molar-refractivity contribution in [2.24, 2.45) is 5.10 Å². The summed E-state index contributed by atoms with van der Waals surface area (Å²) < 4.78 is 7.18. The molecule has 8 nitrogen and oxygen atoms in total. The van der Waals surface area contributed by atoms with Gasteiger partial charge in [0.05, 0.1) is 12.0 Å². The van der Waals surface area contributed by atoms with Crippen LogP contribution in [0.2, 0.25) is 5.02 Å². The normalized spacial score (nSPS) is 11.0. The zero-order valence-electron chi connectivity index (χ0n) is 18.0. The monoisotopic (exact) mass is 492 g/mol. The molecule has 0 bridgehead atoms. The largest absolute Gasteiger partial charge is 0.488 e. The molecule has 0 atom stereocenters. The second-order valence-corrected chi connectivity index (χ2v) is 8.39. The Bertz CT molecular complexity index is 1300. The van der Waals surface area contributed by atoms with Crippen molar-refractivity contribution >= 4 is 41.3 Å². The van der Waals surface area contributed by atoms with Crippen LogP contribution in [-0.4, -0.2) is 32.6 Å². The van der Waals surface area contributed by atoms with Crippen molar-refractivity contribution in [2.45, 2.75) is 11.8 Å². The average molecular weight is 493 g/mol. The Kier molecular flexibility index (Phi) is 7.79. The van der Waals surface area contributed by atoms with Crippen molar-refractivity contribution in [1.29, 1.82) is 0 Å². The number of Topliss-reactive ketones (excluding diaryl/α,β-unsaturated/α-hetero) is 1. The number of nitrogens with zero attached hydrogens (tertiary/aromatic N) is 4. The first-order chi connectivity index (χ1) is 16.6. The molecule has 0 unspecified atom stereocenters. The summed E-state index contributed by atoms with van der Waals surface area (Å²) in [7, 11) is 0. The predicted molar refractivity (Wildman–Crippen MR) is 135 cm³/mol. The Labute approximate surface area is 205 Å². The van der Waals surface area contributed by atoms with Crippen LogP contribution in [0.3, 0.4) is 0 Å². The molecule has 10 heteroatoms. The third-order valence-electron chi connectivity index (χ3n) is 4.72. The topological polar surface area (TPSA) is 107 Å². The third kappa shape index (κ3) is 5.94. The second kappa shape index (κ2) is 11.4. The van der Waals surface area contributed by atoms with Crippen LogP contribution in [0.5, 0.6) is 5.75 Å². The summed E-state index contributed by atoms with van der Waals surface area (Å²) in [6, 6.07) is 24.1. The number of para-hydroxylation sites is 1. The smallest absolute Gasteiger partial charge is 0.264 e. The number of ketones is 1. The van der Waals surface area contributed by atoms with Gasteiger partial charge < -0.3 is 10.6 Å². The highest BCUT2D eigenvalue weighted by Gasteiger charge is 2.13. The van der Waals surface area contributed by atoms with E-state index in [1.54, 1.807) is 18.3 Å². The Morgan fingerprint density at radius 2 is 1.79 bits per heavy atom. The van der Waals surface area contributed by atoms with E-state index in [2.05, 4.69) is 20.7 Å². The molecular formula is C24H21ClN6O2S. The Balaban J connectivity index is 1.35. The summed E-state index contributed by atoms with van der Waals surface area (Å²) in [4.78, 5) is 12.3. The van der Waals surface area contributed by atoms with Crippen LogP contribution in [-0.2, 0) is 6.61 Å². The molecule has 0 spiro atoms. The van der Waals surface area contributed by atoms with Crippen molar-refractivity contribution in [3.8, 4) is 5.75 Å². The van der Waals surface area contributed by atoms with Gasteiger partial charge in [0.25, 0.3) is 5.95 Å². The molecule has 0 saturated heterocycles. The van der Waals surface area contributed by atoms with Crippen LogP contribution >= 0.6 is 23.4 Å². The van der Waals surface area contributed by atoms with E-state index in [-0.39, 0.29) is 17.5 Å². The number of benzene rings is 3. The van der Waals surface area contributed by atoms with E-state index in [0.717, 1.165) is 11.1 Å². The van der Waals surface area contributed by atoms with E-state index in [0.29, 0.717) is 28.1 Å². The van der Waals surface area contributed by atoms with Gasteiger partial charge in [-0.05, 0) is 18.2 Å². The summed E-state index contributed by atoms with van der Waals surface area (Å²) >= 11 is 7.41. The number of aromatic nitrogens is 3. The summed E-state index contributed by atoms with van der Waals surface area (Å²) in [6.45, 7) is 0.331. The van der Waals surface area contributed by atoms with Gasteiger partial charge in [0.15, 0.2) is 5.78 Å². The molecule has 0 aliphatic carbocycles. The molecule has 0 aliphatic rings. The molecule has 4 aromatic rings. The summed E-state index contributed by atoms with van der Waals surface area (Å²) in [5, 5.41) is 13.3. The molecule has 1 heterocycles. The van der Waals surface area contributed by atoms with Gasteiger partial charge >= 0.3 is 0 Å². The summed E-state index contributed by atoms with van der Waals surface area (Å²) in [5.74, 6) is 7.11. The number of thioether (sulfide) groups is 1. The van der Waals surface area contributed by atoms with Gasteiger partial charge in [-0.15, -0.1) is 10.2 Å². The molecule has 0 amide bonds. The lowest BCUT2D eigenvalue weighted by Gasteiger charge is -2.10. The molecule has 172 valence electrons. The van der Waals surface area contributed by atoms with E-state index in [1.807, 2.05) is 66.7 Å². The number of nitrogens with one attached hydrogen (secondary N) is 1. The maximum absolute atomic E-state index is 12.3. The molecule has 4 rings (SSSR count). The number of carbonyl (C=O) groups is 1. The number of hydrogen-bond acceptors (Lipinski definition) is 8. The van der Waals surface area contributed by atoms with Gasteiger partial charge in [0, 0.05) is 21.7 Å². The minimum Gasteiger partial charge on any atom is -0.488 e. The van der Waals surface area contributed by atoms with Crippen molar-refractivity contribution in [3.63, 3.8) is 0 Å². The Morgan fingerprint density at radius 1 is 1.06 bits per heavy atom. The molecule has 0 fully saturated rings. The molecule has 34 heavy (non-hydrogen) atoms. The van der Waals surface area contributed by atoms with Crippen LogP contribution in [0.1, 0.15) is 21.5 Å². The molecule has 1 aromatic heterocycles. The highest BCUT2D eigenvalue weighted by Crippen LogP contribution is 2.21. The molecule has 0 saturated carbocycles. The van der Waals surface area contributed by atoms with Crippen molar-refractivity contribution in [3.05, 3.63) is 101 Å². The van der Waals surface area contributed by atoms with Gasteiger partial charge in [0.2, 0.25) is 5.16 Å². The van der Waals surface area contributed by atoms with Gasteiger partial charge in [-0.25, -0.2) is 10.1 Å². The number of halogens is 1. The quantitative estimate of drug-likeness (QED) is 0.109. The number of rotatable bonds is 10. The zero-order valence-corrected chi connectivity index (χ0v) is 19.5. The fourth-order valence-electron chi connectivity index (χ4n) is 2.94. The van der Waals surface area contributed by atoms with Crippen molar-refractivity contribution < 1.29 is 9.53 Å². The van der Waals surface area contributed by atoms with Crippen LogP contribution in [0.25, 0.3) is 0 Å². The lowest BCUT2D eigenvalue weighted by molar-refractivity contribution is 0.102. The molecule has 0 radical (unpaired) electrons. The minimum absolute atomic E-state index is 0.0190. The van der Waals surface area contributed by atoms with E-state index in [1.165, 1.54) is 16.4 Å². The van der Waals surface area contributed by atoms with Gasteiger partial charge in [-0.2, -0.15) is 5.10 Å². The van der Waals surface area contributed by atoms with E-state index in [4.69, 9.17) is 22.2 Å². The number of nitrogens with two attached hydrogens (primary N) is 1. The predicted octanol–water partition coefficient (Wildman–Crippen LogP) is 4.65. The Morgan fingerprint density at radius 3 is 2.62 bits per heavy atom. The number of nitrogen functional groups attached to an aromatic ring is 1.